The van der Waals surface area contributed by atoms with E-state index < -0.39 is 11.5 Å². The van der Waals surface area contributed by atoms with Crippen LogP contribution in [0.1, 0.15) is 29.1 Å². The molecule has 2 nitrogen and oxygen atoms in total. The van der Waals surface area contributed by atoms with Gasteiger partial charge in [-0.3, -0.25) is 0 Å². The summed E-state index contributed by atoms with van der Waals surface area (Å²) in [6.45, 7) is 0. The van der Waals surface area contributed by atoms with Crippen molar-refractivity contribution in [2.45, 2.75) is 5.41 Å². The van der Waals surface area contributed by atoms with Crippen LogP contribution in [0.15, 0.2) is 217 Å². The summed E-state index contributed by atoms with van der Waals surface area (Å²) >= 11 is 0. The summed E-state index contributed by atoms with van der Waals surface area (Å²) < 4.78 is 48.9. The van der Waals surface area contributed by atoms with E-state index in [2.05, 4.69) is 132 Å². The molecule has 2 aliphatic rings. The molecule has 0 radical (unpaired) electrons. The highest BCUT2D eigenvalue weighted by atomic mass is 16.3. The number of furan rings is 1. The zero-order chi connectivity index (χ0) is 41.9. The van der Waals surface area contributed by atoms with Gasteiger partial charge in [-0.1, -0.05) is 176 Å². The molecule has 0 N–H and O–H groups in total. The third-order valence-electron chi connectivity index (χ3n) is 12.0. The predicted octanol–water partition coefficient (Wildman–Crippen LogP) is 14.7. The molecule has 0 amide bonds. The van der Waals surface area contributed by atoms with Gasteiger partial charge < -0.3 is 9.32 Å². The van der Waals surface area contributed by atoms with Crippen molar-refractivity contribution in [3.63, 3.8) is 0 Å². The number of nitrogens with zero attached hydrogens (tertiary/aromatic N) is 1. The Balaban J connectivity index is 1.15. The zero-order valence-electron chi connectivity index (χ0n) is 35.7. The van der Waals surface area contributed by atoms with Crippen LogP contribution < -0.4 is 4.90 Å². The normalized spacial score (nSPS) is 14.3. The fourth-order valence-electron chi connectivity index (χ4n) is 9.79. The lowest BCUT2D eigenvalue weighted by molar-refractivity contribution is 0.669. The highest BCUT2D eigenvalue weighted by molar-refractivity contribution is 6.14. The number of fused-ring (bicyclic) bond motifs is 13. The Morgan fingerprint density at radius 2 is 0.947 bits per heavy atom. The molecular formula is C55H35NO. The van der Waals surface area contributed by atoms with E-state index in [1.807, 2.05) is 54.6 Å². The first-order chi connectivity index (χ1) is 30.4. The first-order valence-corrected chi connectivity index (χ1v) is 19.3. The molecule has 2 heteroatoms. The van der Waals surface area contributed by atoms with Gasteiger partial charge in [-0.05, 0) is 92.0 Å². The van der Waals surface area contributed by atoms with Crippen LogP contribution in [0.2, 0.25) is 0 Å². The average molecular weight is 731 g/mol. The van der Waals surface area contributed by atoms with E-state index >= 15 is 0 Å². The molecule has 266 valence electrons. The Morgan fingerprint density at radius 3 is 1.70 bits per heavy atom. The Hall–Kier alpha value is -7.42. The Bertz CT molecular complexity index is 3420. The van der Waals surface area contributed by atoms with Crippen LogP contribution in [0, 0.1) is 0 Å². The van der Waals surface area contributed by atoms with Gasteiger partial charge in [0.15, 0.2) is 0 Å². The number of hydrogen-bond acceptors (Lipinski definition) is 2. The SMILES string of the molecule is [2H]c1c([2H])c([2H])c(-c2ccc(N(c3ccccc3-c3cccc4oc5ccccc5c34)c3cccc4c3-c3ccccc3C43c4ccccc4-c4ccccc43)cc2)c([2H])c1[2H]. The fraction of sp³-hybridized carbons (Fsp3) is 0.0182. The smallest absolute Gasteiger partial charge is 0.136 e. The molecular weight excluding hydrogens is 691 g/mol. The summed E-state index contributed by atoms with van der Waals surface area (Å²) in [5, 5.41) is 2.08. The van der Waals surface area contributed by atoms with Gasteiger partial charge in [0.2, 0.25) is 0 Å². The summed E-state index contributed by atoms with van der Waals surface area (Å²) in [4.78, 5) is 2.32. The van der Waals surface area contributed by atoms with Crippen LogP contribution in [0.25, 0.3) is 66.4 Å². The van der Waals surface area contributed by atoms with Gasteiger partial charge in [0, 0.05) is 27.6 Å². The second kappa shape index (κ2) is 12.3. The lowest BCUT2D eigenvalue weighted by atomic mass is 9.70. The van der Waals surface area contributed by atoms with Gasteiger partial charge in [0.1, 0.15) is 11.2 Å². The van der Waals surface area contributed by atoms with Crippen molar-refractivity contribution >= 4 is 39.0 Å². The van der Waals surface area contributed by atoms with Crippen molar-refractivity contribution in [2.75, 3.05) is 4.90 Å². The minimum absolute atomic E-state index is 0.169. The number of rotatable bonds is 5. The van der Waals surface area contributed by atoms with Crippen molar-refractivity contribution in [2.24, 2.45) is 0 Å². The molecule has 9 aromatic carbocycles. The fourth-order valence-corrected chi connectivity index (χ4v) is 9.79. The second-order valence-corrected chi connectivity index (χ2v) is 14.8. The van der Waals surface area contributed by atoms with Crippen LogP contribution in [0.5, 0.6) is 0 Å². The van der Waals surface area contributed by atoms with Gasteiger partial charge >= 0.3 is 0 Å². The van der Waals surface area contributed by atoms with E-state index in [0.29, 0.717) is 5.56 Å². The average Bonchev–Trinajstić information content (AvgIpc) is 3.96. The third kappa shape index (κ3) is 4.47. The Labute approximate surface area is 338 Å². The number of benzene rings is 9. The predicted molar refractivity (Wildman–Crippen MR) is 236 cm³/mol. The quantitative estimate of drug-likeness (QED) is 0.175. The number of para-hydroxylation sites is 2. The molecule has 1 aromatic heterocycles. The maximum Gasteiger partial charge on any atom is 0.136 e. The van der Waals surface area contributed by atoms with Crippen LogP contribution in [-0.2, 0) is 5.41 Å². The summed E-state index contributed by atoms with van der Waals surface area (Å²) in [7, 11) is 0. The van der Waals surface area contributed by atoms with E-state index in [1.54, 1.807) is 0 Å². The topological polar surface area (TPSA) is 16.4 Å². The van der Waals surface area contributed by atoms with Crippen LogP contribution >= 0.6 is 0 Å². The zero-order valence-corrected chi connectivity index (χ0v) is 30.7. The monoisotopic (exact) mass is 730 g/mol. The van der Waals surface area contributed by atoms with Crippen LogP contribution in [0.3, 0.4) is 0 Å². The molecule has 57 heavy (non-hydrogen) atoms. The lowest BCUT2D eigenvalue weighted by Crippen LogP contribution is -2.26. The first kappa shape index (κ1) is 27.2. The standard InChI is InChI=1S/C55H35NO/c1-2-16-36(17-3-1)37-32-34-38(35-33-37)56(49-28-12-7-20-41(49)42-23-14-31-52-53(42)44-22-8-13-30-51(44)57-52)50-29-15-27-48-54(50)43-21-6-11-26-47(43)55(48)45-24-9-4-18-39(45)40-19-5-10-25-46(40)55/h1-35H/i1D,2D,3D,16D,17D. The number of anilines is 3. The van der Waals surface area contributed by atoms with Gasteiger partial charge in [-0.15, -0.1) is 0 Å². The molecule has 0 unspecified atom stereocenters. The maximum absolute atomic E-state index is 8.76. The van der Waals surface area contributed by atoms with Crippen molar-refractivity contribution in [3.8, 4) is 44.5 Å². The minimum Gasteiger partial charge on any atom is -0.456 e. The molecule has 2 aliphatic carbocycles. The molecule has 0 saturated heterocycles. The van der Waals surface area contributed by atoms with E-state index in [1.165, 1.54) is 33.4 Å². The molecule has 1 spiro atoms. The minimum atomic E-state index is -0.549. The van der Waals surface area contributed by atoms with Crippen molar-refractivity contribution < 1.29 is 11.3 Å². The molecule has 0 bridgehead atoms. The summed E-state index contributed by atoms with van der Waals surface area (Å²) in [6.07, 6.45) is 0. The van der Waals surface area contributed by atoms with Gasteiger partial charge in [0.25, 0.3) is 0 Å². The molecule has 12 rings (SSSR count). The largest absolute Gasteiger partial charge is 0.456 e. The van der Waals surface area contributed by atoms with Gasteiger partial charge in [-0.25, -0.2) is 0 Å². The molecule has 0 fully saturated rings. The summed E-state index contributed by atoms with van der Waals surface area (Å²) in [5.74, 6) is 0. The number of hydrogen-bond donors (Lipinski definition) is 0. The molecule has 1 heterocycles. The molecule has 10 aromatic rings. The second-order valence-electron chi connectivity index (χ2n) is 14.8. The Kier molecular flexibility index (Phi) is 5.87. The summed E-state index contributed by atoms with van der Waals surface area (Å²) in [6, 6.07) is 62.1. The van der Waals surface area contributed by atoms with E-state index in [0.717, 1.165) is 61.3 Å². The van der Waals surface area contributed by atoms with E-state index in [9.17, 15) is 0 Å². The van der Waals surface area contributed by atoms with Crippen LogP contribution in [0.4, 0.5) is 17.1 Å². The molecule has 0 atom stereocenters. The Morgan fingerprint density at radius 1 is 0.404 bits per heavy atom. The van der Waals surface area contributed by atoms with Crippen molar-refractivity contribution in [1.82, 2.24) is 0 Å². The van der Waals surface area contributed by atoms with E-state index in [4.69, 9.17) is 11.3 Å². The van der Waals surface area contributed by atoms with Gasteiger partial charge in [0.05, 0.1) is 23.6 Å². The van der Waals surface area contributed by atoms with E-state index in [-0.39, 0.29) is 29.7 Å². The highest BCUT2D eigenvalue weighted by Gasteiger charge is 2.52. The lowest BCUT2D eigenvalue weighted by Gasteiger charge is -2.32. The van der Waals surface area contributed by atoms with Crippen LogP contribution in [-0.4, -0.2) is 0 Å². The first-order valence-electron chi connectivity index (χ1n) is 21.8. The highest BCUT2D eigenvalue weighted by Crippen LogP contribution is 2.64. The summed E-state index contributed by atoms with van der Waals surface area (Å²) in [5.41, 5.74) is 16.3. The maximum atomic E-state index is 8.76. The van der Waals surface area contributed by atoms with Crippen molar-refractivity contribution in [3.05, 3.63) is 234 Å². The molecule has 0 saturated carbocycles. The van der Waals surface area contributed by atoms with Gasteiger partial charge in [-0.2, -0.15) is 0 Å². The molecule has 0 aliphatic heterocycles. The van der Waals surface area contributed by atoms with Crippen molar-refractivity contribution in [1.29, 1.82) is 0 Å². The third-order valence-corrected chi connectivity index (χ3v) is 12.0.